The topological polar surface area (TPSA) is 46.3 Å². The fraction of sp³-hybridized carbons (Fsp3) is 0.500. The zero-order chi connectivity index (χ0) is 14.8. The molecule has 108 valence electrons. The average Bonchev–Trinajstić information content (AvgIpc) is 3.26. The van der Waals surface area contributed by atoms with Crippen LogP contribution < -0.4 is 5.73 Å². The molecule has 1 unspecified atom stereocenters. The van der Waals surface area contributed by atoms with Gasteiger partial charge in [0, 0.05) is 19.0 Å². The molecule has 0 aliphatic heterocycles. The zero-order valence-corrected chi connectivity index (χ0v) is 13.0. The minimum absolute atomic E-state index is 0.0560. The van der Waals surface area contributed by atoms with Gasteiger partial charge in [0.15, 0.2) is 0 Å². The number of nitrogens with zero attached hydrogens (tertiary/aromatic N) is 1. The third-order valence-electron chi connectivity index (χ3n) is 4.13. The molecule has 2 rings (SSSR count). The van der Waals surface area contributed by atoms with Gasteiger partial charge in [0.1, 0.15) is 0 Å². The lowest BCUT2D eigenvalue weighted by atomic mass is 9.94. The molecule has 1 aliphatic rings. The molecule has 1 fully saturated rings. The first-order valence-electron chi connectivity index (χ1n) is 7.15. The van der Waals surface area contributed by atoms with Crippen molar-refractivity contribution in [3.05, 3.63) is 35.9 Å². The maximum absolute atomic E-state index is 12.9. The van der Waals surface area contributed by atoms with Crippen molar-refractivity contribution in [2.75, 3.05) is 13.1 Å². The van der Waals surface area contributed by atoms with Crippen LogP contribution in [0, 0.1) is 5.92 Å². The van der Waals surface area contributed by atoms with Gasteiger partial charge in [-0.15, -0.1) is 0 Å². The Hall–Kier alpha value is -1.42. The van der Waals surface area contributed by atoms with E-state index in [1.165, 1.54) is 0 Å². The monoisotopic (exact) mass is 290 g/mol. The molecular weight excluding hydrogens is 268 g/mol. The average molecular weight is 290 g/mol. The third-order valence-corrected chi connectivity index (χ3v) is 4.54. The van der Waals surface area contributed by atoms with Crippen LogP contribution in [0.1, 0.15) is 32.3 Å². The lowest BCUT2D eigenvalue weighted by Crippen LogP contribution is -2.43. The number of hydrogen-bond donors (Lipinski definition) is 1. The summed E-state index contributed by atoms with van der Waals surface area (Å²) >= 11 is 5.01. The number of thiocarbonyl (C=S) groups is 1. The number of rotatable bonds is 6. The van der Waals surface area contributed by atoms with Crippen LogP contribution in [-0.4, -0.2) is 28.9 Å². The fourth-order valence-electron chi connectivity index (χ4n) is 2.59. The van der Waals surface area contributed by atoms with E-state index in [-0.39, 0.29) is 17.2 Å². The van der Waals surface area contributed by atoms with E-state index < -0.39 is 0 Å². The Labute approximate surface area is 126 Å². The normalized spacial score (nSPS) is 17.3. The number of likely N-dealkylation sites (N-methyl/N-ethyl adjacent to an activating group) is 1. The molecule has 0 saturated heterocycles. The van der Waals surface area contributed by atoms with Crippen molar-refractivity contribution in [3.8, 4) is 0 Å². The molecule has 1 amide bonds. The molecule has 0 heterocycles. The van der Waals surface area contributed by atoms with Gasteiger partial charge in [-0.1, -0.05) is 49.5 Å². The Bertz CT molecular complexity index is 496. The Morgan fingerprint density at radius 1 is 1.40 bits per heavy atom. The molecule has 1 atom stereocenters. The fourth-order valence-corrected chi connectivity index (χ4v) is 2.66. The van der Waals surface area contributed by atoms with E-state index in [2.05, 4.69) is 12.1 Å². The van der Waals surface area contributed by atoms with Crippen LogP contribution >= 0.6 is 12.2 Å². The second kappa shape index (κ2) is 5.92. The van der Waals surface area contributed by atoms with Crippen LogP contribution in [0.5, 0.6) is 0 Å². The van der Waals surface area contributed by atoms with Gasteiger partial charge in [-0.2, -0.15) is 0 Å². The highest BCUT2D eigenvalue weighted by Gasteiger charge is 2.52. The molecule has 1 aromatic carbocycles. The summed E-state index contributed by atoms with van der Waals surface area (Å²) in [5.74, 6) is 0.273. The molecule has 2 N–H and O–H groups in total. The summed E-state index contributed by atoms with van der Waals surface area (Å²) < 4.78 is 0. The molecule has 0 aromatic heterocycles. The summed E-state index contributed by atoms with van der Waals surface area (Å²) in [6.07, 6.45) is 1.88. The highest BCUT2D eigenvalue weighted by molar-refractivity contribution is 7.80. The van der Waals surface area contributed by atoms with Crippen LogP contribution in [0.15, 0.2) is 30.3 Å². The van der Waals surface area contributed by atoms with Crippen LogP contribution in [0.2, 0.25) is 0 Å². The van der Waals surface area contributed by atoms with Crippen molar-refractivity contribution in [1.82, 2.24) is 4.90 Å². The predicted molar refractivity (Wildman–Crippen MR) is 85.6 cm³/mol. The summed E-state index contributed by atoms with van der Waals surface area (Å²) in [5.41, 5.74) is 6.50. The first-order valence-corrected chi connectivity index (χ1v) is 7.56. The molecular formula is C16H22N2OS. The zero-order valence-electron chi connectivity index (χ0n) is 12.1. The number of hydrogen-bond acceptors (Lipinski definition) is 2. The Kier molecular flexibility index (Phi) is 4.43. The highest BCUT2D eigenvalue weighted by atomic mass is 32.1. The minimum Gasteiger partial charge on any atom is -0.393 e. The van der Waals surface area contributed by atoms with E-state index in [9.17, 15) is 4.79 Å². The van der Waals surface area contributed by atoms with Crippen LogP contribution in [0.3, 0.4) is 0 Å². The van der Waals surface area contributed by atoms with Crippen molar-refractivity contribution in [2.45, 2.75) is 32.1 Å². The van der Waals surface area contributed by atoms with Crippen molar-refractivity contribution in [3.63, 3.8) is 0 Å². The number of nitrogens with two attached hydrogens (primary N) is 1. The van der Waals surface area contributed by atoms with Crippen molar-refractivity contribution in [1.29, 1.82) is 0 Å². The highest BCUT2D eigenvalue weighted by Crippen LogP contribution is 2.49. The number of carbonyl (C=O) groups is 1. The first kappa shape index (κ1) is 15.0. The lowest BCUT2D eigenvalue weighted by molar-refractivity contribution is -0.134. The summed E-state index contributed by atoms with van der Waals surface area (Å²) in [6, 6.07) is 10.1. The molecule has 20 heavy (non-hydrogen) atoms. The van der Waals surface area contributed by atoms with Gasteiger partial charge in [-0.25, -0.2) is 0 Å². The molecule has 0 spiro atoms. The van der Waals surface area contributed by atoms with Crippen molar-refractivity contribution >= 4 is 23.1 Å². The summed E-state index contributed by atoms with van der Waals surface area (Å²) in [5, 5.41) is 0. The summed E-state index contributed by atoms with van der Waals surface area (Å²) in [7, 11) is 0. The summed E-state index contributed by atoms with van der Waals surface area (Å²) in [6.45, 7) is 5.28. The van der Waals surface area contributed by atoms with Crippen LogP contribution in [0.4, 0.5) is 0 Å². The second-order valence-corrected chi connectivity index (χ2v) is 6.07. The second-order valence-electron chi connectivity index (χ2n) is 5.60. The SMILES string of the molecule is CCN(CC(C)C(N)=S)C(=O)C1(c2ccccc2)CC1. The number of amides is 1. The van der Waals surface area contributed by atoms with E-state index in [4.69, 9.17) is 18.0 Å². The molecule has 1 aromatic rings. The summed E-state index contributed by atoms with van der Waals surface area (Å²) in [4.78, 5) is 15.2. The van der Waals surface area contributed by atoms with E-state index in [0.717, 1.165) is 18.4 Å². The number of carbonyl (C=O) groups excluding carboxylic acids is 1. The third kappa shape index (κ3) is 2.85. The van der Waals surface area contributed by atoms with Crippen LogP contribution in [0.25, 0.3) is 0 Å². The van der Waals surface area contributed by atoms with Gasteiger partial charge in [-0.3, -0.25) is 4.79 Å². The number of benzene rings is 1. The Morgan fingerprint density at radius 3 is 2.45 bits per heavy atom. The van der Waals surface area contributed by atoms with Gasteiger partial charge >= 0.3 is 0 Å². The van der Waals surface area contributed by atoms with Crippen molar-refractivity contribution in [2.24, 2.45) is 11.7 Å². The lowest BCUT2D eigenvalue weighted by Gasteiger charge is -2.28. The Balaban J connectivity index is 2.15. The smallest absolute Gasteiger partial charge is 0.233 e. The molecule has 3 nitrogen and oxygen atoms in total. The quantitative estimate of drug-likeness (QED) is 0.819. The van der Waals surface area contributed by atoms with Gasteiger partial charge in [0.05, 0.1) is 10.4 Å². The first-order chi connectivity index (χ1) is 9.51. The maximum Gasteiger partial charge on any atom is 0.233 e. The van der Waals surface area contributed by atoms with E-state index in [1.807, 2.05) is 36.9 Å². The predicted octanol–water partition coefficient (Wildman–Crippen LogP) is 2.49. The standard InChI is InChI=1S/C16H22N2OS/c1-3-18(11-12(2)14(17)20)15(19)16(9-10-16)13-7-5-4-6-8-13/h4-8,12H,3,9-11H2,1-2H3,(H2,17,20). The van der Waals surface area contributed by atoms with Gasteiger partial charge in [-0.05, 0) is 25.3 Å². The van der Waals surface area contributed by atoms with Crippen LogP contribution in [-0.2, 0) is 10.2 Å². The Morgan fingerprint density at radius 2 is 2.00 bits per heavy atom. The van der Waals surface area contributed by atoms with E-state index in [0.29, 0.717) is 18.1 Å². The molecule has 1 saturated carbocycles. The molecule has 0 radical (unpaired) electrons. The molecule has 0 bridgehead atoms. The minimum atomic E-state index is -0.298. The van der Waals surface area contributed by atoms with E-state index >= 15 is 0 Å². The van der Waals surface area contributed by atoms with E-state index in [1.54, 1.807) is 0 Å². The van der Waals surface area contributed by atoms with Gasteiger partial charge in [0.2, 0.25) is 5.91 Å². The maximum atomic E-state index is 12.9. The van der Waals surface area contributed by atoms with Gasteiger partial charge in [0.25, 0.3) is 0 Å². The molecule has 4 heteroatoms. The van der Waals surface area contributed by atoms with Gasteiger partial charge < -0.3 is 10.6 Å². The molecule has 1 aliphatic carbocycles. The van der Waals surface area contributed by atoms with Crippen molar-refractivity contribution < 1.29 is 4.79 Å². The largest absolute Gasteiger partial charge is 0.393 e.